The Morgan fingerprint density at radius 3 is 2.46 bits per heavy atom. The zero-order chi connectivity index (χ0) is 25.5. The molecule has 188 valence electrons. The molecular weight excluding hydrogens is 460 g/mol. The quantitative estimate of drug-likeness (QED) is 0.437. The van der Waals surface area contributed by atoms with Gasteiger partial charge in [-0.3, -0.25) is 14.4 Å². The Balaban J connectivity index is 1.48. The van der Waals surface area contributed by atoms with E-state index in [-0.39, 0.29) is 29.4 Å². The van der Waals surface area contributed by atoms with Crippen LogP contribution in [-0.2, 0) is 16.4 Å². The molecule has 0 bridgehead atoms. The predicted octanol–water partition coefficient (Wildman–Crippen LogP) is 4.20. The van der Waals surface area contributed by atoms with E-state index >= 15 is 0 Å². The van der Waals surface area contributed by atoms with Crippen molar-refractivity contribution >= 4 is 15.6 Å². The summed E-state index contributed by atoms with van der Waals surface area (Å²) in [6, 6.07) is 12.4. The molecule has 35 heavy (non-hydrogen) atoms. The SMILES string of the molecule is Cc1nn(C2CCS(=O)(=O)C2)c(C)c1CN(C)CC(=O)c1cc(C)n(C(C)c2ccccc2)c1C. The first kappa shape index (κ1) is 25.4. The number of Topliss-reactive ketones (excluding diaryl/α,β-unsaturated/α-hetero) is 1. The summed E-state index contributed by atoms with van der Waals surface area (Å²) in [7, 11) is -1.04. The summed E-state index contributed by atoms with van der Waals surface area (Å²) >= 11 is 0. The molecule has 2 unspecified atom stereocenters. The molecule has 0 saturated carbocycles. The number of hydrogen-bond donors (Lipinski definition) is 0. The molecule has 3 heterocycles. The van der Waals surface area contributed by atoms with E-state index < -0.39 is 9.84 Å². The van der Waals surface area contributed by atoms with Crippen molar-refractivity contribution in [3.05, 3.63) is 75.9 Å². The van der Waals surface area contributed by atoms with Gasteiger partial charge in [-0.2, -0.15) is 5.10 Å². The van der Waals surface area contributed by atoms with Crippen LogP contribution < -0.4 is 0 Å². The fourth-order valence-electron chi connectivity index (χ4n) is 5.44. The Hall–Kier alpha value is -2.71. The number of sulfone groups is 1. The zero-order valence-electron chi connectivity index (χ0n) is 21.6. The summed E-state index contributed by atoms with van der Waals surface area (Å²) in [6.45, 7) is 11.1. The maximum absolute atomic E-state index is 13.3. The molecule has 1 aromatic carbocycles. The van der Waals surface area contributed by atoms with Gasteiger partial charge in [0.15, 0.2) is 15.6 Å². The van der Waals surface area contributed by atoms with E-state index in [0.717, 1.165) is 33.9 Å². The van der Waals surface area contributed by atoms with Crippen molar-refractivity contribution in [3.63, 3.8) is 0 Å². The minimum absolute atomic E-state index is 0.0942. The third kappa shape index (κ3) is 5.14. The van der Waals surface area contributed by atoms with E-state index in [1.165, 1.54) is 5.56 Å². The lowest BCUT2D eigenvalue weighted by Gasteiger charge is -2.20. The van der Waals surface area contributed by atoms with Gasteiger partial charge in [0, 0.05) is 34.8 Å². The molecule has 8 heteroatoms. The largest absolute Gasteiger partial charge is 0.341 e. The van der Waals surface area contributed by atoms with Gasteiger partial charge in [0.05, 0.1) is 35.8 Å². The van der Waals surface area contributed by atoms with Gasteiger partial charge in [0.1, 0.15) is 0 Å². The van der Waals surface area contributed by atoms with Crippen molar-refractivity contribution in [2.75, 3.05) is 25.1 Å². The number of aromatic nitrogens is 3. The molecule has 2 atom stereocenters. The molecular formula is C27H36N4O3S. The van der Waals surface area contributed by atoms with E-state index in [9.17, 15) is 13.2 Å². The Kier molecular flexibility index (Phi) is 7.06. The molecule has 0 aliphatic carbocycles. The van der Waals surface area contributed by atoms with Crippen LogP contribution in [0, 0.1) is 27.7 Å². The van der Waals surface area contributed by atoms with Crippen molar-refractivity contribution in [2.45, 2.75) is 59.7 Å². The Morgan fingerprint density at radius 2 is 1.83 bits per heavy atom. The van der Waals surface area contributed by atoms with Crippen molar-refractivity contribution in [3.8, 4) is 0 Å². The predicted molar refractivity (Wildman–Crippen MR) is 139 cm³/mol. The van der Waals surface area contributed by atoms with Crippen LogP contribution in [0.25, 0.3) is 0 Å². The second-order valence-corrected chi connectivity index (χ2v) is 12.2. The highest BCUT2D eigenvalue weighted by Crippen LogP contribution is 2.28. The average Bonchev–Trinajstić information content (AvgIpc) is 3.41. The van der Waals surface area contributed by atoms with Gasteiger partial charge < -0.3 is 4.57 Å². The van der Waals surface area contributed by atoms with Crippen molar-refractivity contribution < 1.29 is 13.2 Å². The van der Waals surface area contributed by atoms with Crippen LogP contribution in [0.1, 0.15) is 69.7 Å². The van der Waals surface area contributed by atoms with E-state index in [1.807, 2.05) is 61.7 Å². The maximum Gasteiger partial charge on any atom is 0.178 e. The van der Waals surface area contributed by atoms with Crippen molar-refractivity contribution in [1.82, 2.24) is 19.2 Å². The molecule has 0 spiro atoms. The molecule has 2 aromatic heterocycles. The molecule has 1 fully saturated rings. The first-order valence-electron chi connectivity index (χ1n) is 12.2. The number of carbonyl (C=O) groups excluding carboxylic acids is 1. The molecule has 7 nitrogen and oxygen atoms in total. The van der Waals surface area contributed by atoms with Crippen LogP contribution in [0.3, 0.4) is 0 Å². The number of likely N-dealkylation sites (N-methyl/N-ethyl adjacent to an activating group) is 1. The highest BCUT2D eigenvalue weighted by Gasteiger charge is 2.31. The van der Waals surface area contributed by atoms with Crippen LogP contribution >= 0.6 is 0 Å². The van der Waals surface area contributed by atoms with Crippen LogP contribution in [0.5, 0.6) is 0 Å². The average molecular weight is 497 g/mol. The third-order valence-electron chi connectivity index (χ3n) is 7.32. The normalized spacial score (nSPS) is 18.3. The fraction of sp³-hybridized carbons (Fsp3) is 0.481. The smallest absolute Gasteiger partial charge is 0.178 e. The molecule has 0 radical (unpaired) electrons. The standard InChI is InChI=1S/C27H36N4O3S/c1-18-14-25(21(4)30(18)20(3)23-10-8-7-9-11-23)27(32)16-29(6)15-26-19(2)28-31(22(26)5)24-12-13-35(33,34)17-24/h7-11,14,20,24H,12-13,15-17H2,1-6H3. The second-order valence-electron chi connectivity index (χ2n) is 9.99. The van der Waals surface area contributed by atoms with Crippen molar-refractivity contribution in [2.24, 2.45) is 0 Å². The van der Waals surface area contributed by atoms with Gasteiger partial charge in [-0.15, -0.1) is 0 Å². The molecule has 0 N–H and O–H groups in total. The van der Waals surface area contributed by atoms with E-state index in [1.54, 1.807) is 0 Å². The fourth-order valence-corrected chi connectivity index (χ4v) is 7.13. The minimum atomic E-state index is -2.98. The monoisotopic (exact) mass is 496 g/mol. The van der Waals surface area contributed by atoms with E-state index in [0.29, 0.717) is 19.5 Å². The maximum atomic E-state index is 13.3. The van der Waals surface area contributed by atoms with Gasteiger partial charge in [-0.05, 0) is 59.7 Å². The number of carbonyl (C=O) groups is 1. The molecule has 1 saturated heterocycles. The highest BCUT2D eigenvalue weighted by atomic mass is 32.2. The molecule has 1 aliphatic heterocycles. The topological polar surface area (TPSA) is 77.2 Å². The number of aryl methyl sites for hydroxylation is 2. The summed E-state index contributed by atoms with van der Waals surface area (Å²) in [5.74, 6) is 0.470. The molecule has 1 aliphatic rings. The Labute approximate surface area is 208 Å². The number of benzene rings is 1. The van der Waals surface area contributed by atoms with Crippen molar-refractivity contribution in [1.29, 1.82) is 0 Å². The summed E-state index contributed by atoms with van der Waals surface area (Å²) in [5.41, 5.74) is 6.97. The van der Waals surface area contributed by atoms with Gasteiger partial charge in [0.25, 0.3) is 0 Å². The van der Waals surface area contributed by atoms with E-state index in [4.69, 9.17) is 0 Å². The summed E-state index contributed by atoms with van der Waals surface area (Å²) in [6.07, 6.45) is 0.606. The first-order chi connectivity index (χ1) is 16.5. The summed E-state index contributed by atoms with van der Waals surface area (Å²) in [5, 5.41) is 4.66. The third-order valence-corrected chi connectivity index (χ3v) is 9.08. The van der Waals surface area contributed by atoms with Crippen LogP contribution in [-0.4, -0.2) is 58.5 Å². The highest BCUT2D eigenvalue weighted by molar-refractivity contribution is 7.91. The molecule has 0 amide bonds. The van der Waals surface area contributed by atoms with Gasteiger partial charge in [-0.25, -0.2) is 8.42 Å². The van der Waals surface area contributed by atoms with Gasteiger partial charge in [-0.1, -0.05) is 30.3 Å². The van der Waals surface area contributed by atoms with Crippen LogP contribution in [0.2, 0.25) is 0 Å². The zero-order valence-corrected chi connectivity index (χ0v) is 22.4. The number of nitrogens with zero attached hydrogens (tertiary/aromatic N) is 4. The lowest BCUT2D eigenvalue weighted by molar-refractivity contribution is 0.0942. The minimum Gasteiger partial charge on any atom is -0.341 e. The van der Waals surface area contributed by atoms with Gasteiger partial charge in [0.2, 0.25) is 0 Å². The van der Waals surface area contributed by atoms with Crippen LogP contribution in [0.4, 0.5) is 0 Å². The molecule has 4 rings (SSSR count). The number of hydrogen-bond acceptors (Lipinski definition) is 5. The van der Waals surface area contributed by atoms with Gasteiger partial charge >= 0.3 is 0 Å². The molecule has 3 aromatic rings. The lowest BCUT2D eigenvalue weighted by Crippen LogP contribution is -2.26. The summed E-state index contributed by atoms with van der Waals surface area (Å²) < 4.78 is 28.0. The summed E-state index contributed by atoms with van der Waals surface area (Å²) in [4.78, 5) is 15.3. The Morgan fingerprint density at radius 1 is 1.14 bits per heavy atom. The second kappa shape index (κ2) is 9.74. The van der Waals surface area contributed by atoms with Crippen LogP contribution in [0.15, 0.2) is 36.4 Å². The lowest BCUT2D eigenvalue weighted by atomic mass is 10.1. The first-order valence-corrected chi connectivity index (χ1v) is 14.0. The van der Waals surface area contributed by atoms with E-state index in [2.05, 4.69) is 35.6 Å². The number of ketones is 1. The number of rotatable bonds is 8. The Bertz CT molecular complexity index is 1340.